The minimum atomic E-state index is -0.691. The van der Waals surface area contributed by atoms with Gasteiger partial charge < -0.3 is 10.4 Å². The van der Waals surface area contributed by atoms with E-state index in [-0.39, 0.29) is 30.9 Å². The van der Waals surface area contributed by atoms with E-state index >= 15 is 0 Å². The summed E-state index contributed by atoms with van der Waals surface area (Å²) in [6.45, 7) is 6.99. The molecule has 22 heavy (non-hydrogen) atoms. The average Bonchev–Trinajstić information content (AvgIpc) is 2.49. The molecule has 122 valence electrons. The molecule has 0 aliphatic carbocycles. The molecule has 7 heteroatoms. The third kappa shape index (κ3) is 4.34. The molecule has 0 amide bonds. The number of nitriles is 1. The summed E-state index contributed by atoms with van der Waals surface area (Å²) in [6.07, 6.45) is 2.30. The van der Waals surface area contributed by atoms with Crippen LogP contribution >= 0.6 is 24.8 Å². The second-order valence-electron chi connectivity index (χ2n) is 4.80. The van der Waals surface area contributed by atoms with Gasteiger partial charge >= 0.3 is 0 Å². The van der Waals surface area contributed by atoms with E-state index in [9.17, 15) is 14.8 Å². The third-order valence-corrected chi connectivity index (χ3v) is 3.60. The first-order valence-electron chi connectivity index (χ1n) is 6.66. The number of piperazine rings is 1. The van der Waals surface area contributed by atoms with Gasteiger partial charge in [-0.05, 0) is 18.6 Å². The van der Waals surface area contributed by atoms with Crippen molar-refractivity contribution in [3.63, 3.8) is 0 Å². The number of hydrogen-bond acceptors (Lipinski definition) is 4. The molecule has 1 aliphatic rings. The Balaban J connectivity index is 0.00000220. The van der Waals surface area contributed by atoms with Gasteiger partial charge in [-0.2, -0.15) is 5.26 Å². The van der Waals surface area contributed by atoms with E-state index in [1.807, 2.05) is 6.07 Å². The highest BCUT2D eigenvalue weighted by atomic mass is 35.5. The maximum absolute atomic E-state index is 13.6. The second kappa shape index (κ2) is 9.65. The summed E-state index contributed by atoms with van der Waals surface area (Å²) in [5, 5.41) is 22.5. The first-order chi connectivity index (χ1) is 9.69. The van der Waals surface area contributed by atoms with Gasteiger partial charge in [-0.3, -0.25) is 4.90 Å². The third-order valence-electron chi connectivity index (χ3n) is 3.60. The SMILES string of the molecule is C=CC[C@H](c1c(C#N)ccc(F)c1O)N1CCNCC1.Cl.Cl. The first kappa shape index (κ1) is 20.7. The van der Waals surface area contributed by atoms with E-state index in [2.05, 4.69) is 16.8 Å². The molecule has 0 saturated carbocycles. The Morgan fingerprint density at radius 2 is 2.05 bits per heavy atom. The lowest BCUT2D eigenvalue weighted by Gasteiger charge is -2.35. The molecule has 1 saturated heterocycles. The van der Waals surface area contributed by atoms with E-state index in [0.29, 0.717) is 17.5 Å². The summed E-state index contributed by atoms with van der Waals surface area (Å²) in [4.78, 5) is 2.15. The normalized spacial score (nSPS) is 15.8. The molecule has 1 atom stereocenters. The van der Waals surface area contributed by atoms with Crippen molar-refractivity contribution in [1.29, 1.82) is 5.26 Å². The van der Waals surface area contributed by atoms with Gasteiger partial charge in [0.05, 0.1) is 11.6 Å². The van der Waals surface area contributed by atoms with Crippen molar-refractivity contribution in [3.8, 4) is 11.8 Å². The summed E-state index contributed by atoms with van der Waals surface area (Å²) in [5.74, 6) is -1.11. The zero-order valence-electron chi connectivity index (χ0n) is 12.1. The molecule has 2 N–H and O–H groups in total. The lowest BCUT2D eigenvalue weighted by atomic mass is 9.95. The smallest absolute Gasteiger partial charge is 0.165 e. The van der Waals surface area contributed by atoms with E-state index < -0.39 is 11.6 Å². The van der Waals surface area contributed by atoms with Crippen LogP contribution in [-0.2, 0) is 0 Å². The minimum absolute atomic E-state index is 0. The molecule has 1 aromatic carbocycles. The van der Waals surface area contributed by atoms with Crippen LogP contribution in [0.25, 0.3) is 0 Å². The molecule has 1 fully saturated rings. The van der Waals surface area contributed by atoms with Crippen molar-refractivity contribution >= 4 is 24.8 Å². The lowest BCUT2D eigenvalue weighted by Crippen LogP contribution is -2.45. The zero-order valence-corrected chi connectivity index (χ0v) is 13.7. The van der Waals surface area contributed by atoms with Crippen LogP contribution in [0.3, 0.4) is 0 Å². The molecular formula is C15H20Cl2FN3O. The summed E-state index contributed by atoms with van der Waals surface area (Å²) < 4.78 is 13.6. The standard InChI is InChI=1S/C15H18FN3O.2ClH/c1-2-3-13(19-8-6-18-7-9-19)14-11(10-17)4-5-12(16)15(14)20;;/h2,4-5,13,18,20H,1,3,6-9H2;2*1H/t13-;;/m1../s1. The highest BCUT2D eigenvalue weighted by Gasteiger charge is 2.27. The molecular weight excluding hydrogens is 328 g/mol. The van der Waals surface area contributed by atoms with Crippen LogP contribution in [-0.4, -0.2) is 36.2 Å². The molecule has 0 bridgehead atoms. The van der Waals surface area contributed by atoms with Crippen molar-refractivity contribution < 1.29 is 9.50 Å². The molecule has 0 aromatic heterocycles. The number of benzene rings is 1. The van der Waals surface area contributed by atoms with Gasteiger partial charge in [0.25, 0.3) is 0 Å². The van der Waals surface area contributed by atoms with Crippen LogP contribution in [0.15, 0.2) is 24.8 Å². The Morgan fingerprint density at radius 3 is 2.59 bits per heavy atom. The van der Waals surface area contributed by atoms with Crippen LogP contribution in [0, 0.1) is 17.1 Å². The van der Waals surface area contributed by atoms with Crippen molar-refractivity contribution in [1.82, 2.24) is 10.2 Å². The molecule has 1 aromatic rings. The van der Waals surface area contributed by atoms with E-state index in [0.717, 1.165) is 32.2 Å². The Morgan fingerprint density at radius 1 is 1.41 bits per heavy atom. The van der Waals surface area contributed by atoms with E-state index in [1.54, 1.807) is 6.08 Å². The second-order valence-corrected chi connectivity index (χ2v) is 4.80. The number of nitrogens with one attached hydrogen (secondary N) is 1. The number of aromatic hydroxyl groups is 1. The predicted molar refractivity (Wildman–Crippen MR) is 89.3 cm³/mol. The van der Waals surface area contributed by atoms with Crippen LogP contribution < -0.4 is 5.32 Å². The molecule has 0 unspecified atom stereocenters. The Bertz CT molecular complexity index is 542. The van der Waals surface area contributed by atoms with Gasteiger partial charge in [-0.15, -0.1) is 31.4 Å². The number of phenols is 1. The lowest BCUT2D eigenvalue weighted by molar-refractivity contribution is 0.171. The topological polar surface area (TPSA) is 59.3 Å². The quantitative estimate of drug-likeness (QED) is 0.822. The number of nitrogens with zero attached hydrogens (tertiary/aromatic N) is 2. The zero-order chi connectivity index (χ0) is 14.5. The minimum Gasteiger partial charge on any atom is -0.505 e. The van der Waals surface area contributed by atoms with Crippen LogP contribution in [0.2, 0.25) is 0 Å². The van der Waals surface area contributed by atoms with Crippen LogP contribution in [0.4, 0.5) is 4.39 Å². The monoisotopic (exact) mass is 347 g/mol. The summed E-state index contributed by atoms with van der Waals surface area (Å²) in [5.41, 5.74) is 0.684. The number of rotatable bonds is 4. The number of phenolic OH excluding ortho intramolecular Hbond substituents is 1. The van der Waals surface area contributed by atoms with E-state index in [1.165, 1.54) is 6.07 Å². The summed E-state index contributed by atoms with van der Waals surface area (Å²) >= 11 is 0. The average molecular weight is 348 g/mol. The van der Waals surface area contributed by atoms with E-state index in [4.69, 9.17) is 0 Å². The van der Waals surface area contributed by atoms with Crippen molar-refractivity contribution in [3.05, 3.63) is 41.7 Å². The van der Waals surface area contributed by atoms with Gasteiger partial charge in [-0.1, -0.05) is 6.08 Å². The molecule has 1 heterocycles. The fraction of sp³-hybridized carbons (Fsp3) is 0.400. The van der Waals surface area contributed by atoms with Gasteiger partial charge in [0.2, 0.25) is 0 Å². The largest absolute Gasteiger partial charge is 0.505 e. The maximum atomic E-state index is 13.6. The van der Waals surface area contributed by atoms with Gasteiger partial charge in [-0.25, -0.2) is 4.39 Å². The highest BCUT2D eigenvalue weighted by molar-refractivity contribution is 5.85. The first-order valence-corrected chi connectivity index (χ1v) is 6.66. The summed E-state index contributed by atoms with van der Waals surface area (Å²) in [6, 6.07) is 4.36. The maximum Gasteiger partial charge on any atom is 0.165 e. The van der Waals surface area contributed by atoms with Crippen molar-refractivity contribution in [2.24, 2.45) is 0 Å². The Hall–Kier alpha value is -1.32. The molecule has 4 nitrogen and oxygen atoms in total. The van der Waals surface area contributed by atoms with Crippen LogP contribution in [0.1, 0.15) is 23.6 Å². The van der Waals surface area contributed by atoms with Crippen LogP contribution in [0.5, 0.6) is 5.75 Å². The van der Waals surface area contributed by atoms with Gasteiger partial charge in [0, 0.05) is 37.8 Å². The number of halogens is 3. The van der Waals surface area contributed by atoms with Gasteiger partial charge in [0.1, 0.15) is 0 Å². The molecule has 0 spiro atoms. The fourth-order valence-corrected chi connectivity index (χ4v) is 2.62. The predicted octanol–water partition coefficient (Wildman–Crippen LogP) is 2.77. The highest BCUT2D eigenvalue weighted by Crippen LogP contribution is 2.36. The van der Waals surface area contributed by atoms with Gasteiger partial charge in [0.15, 0.2) is 11.6 Å². The molecule has 0 radical (unpaired) electrons. The molecule has 2 rings (SSSR count). The summed E-state index contributed by atoms with van der Waals surface area (Å²) in [7, 11) is 0. The Labute approximate surface area is 142 Å². The molecule has 1 aliphatic heterocycles. The number of hydrogen-bond donors (Lipinski definition) is 2. The fourth-order valence-electron chi connectivity index (χ4n) is 2.62. The Kier molecular flexibility index (Phi) is 9.07. The van der Waals surface area contributed by atoms with Crippen molar-refractivity contribution in [2.75, 3.05) is 26.2 Å². The van der Waals surface area contributed by atoms with Crippen molar-refractivity contribution in [2.45, 2.75) is 12.5 Å².